The third-order valence-electron chi connectivity index (χ3n) is 3.13. The van der Waals surface area contributed by atoms with Gasteiger partial charge in [0, 0.05) is 15.7 Å². The Morgan fingerprint density at radius 1 is 0.955 bits per heavy atom. The van der Waals surface area contributed by atoms with Gasteiger partial charge >= 0.3 is 0 Å². The van der Waals surface area contributed by atoms with Crippen molar-refractivity contribution in [1.29, 1.82) is 0 Å². The quantitative estimate of drug-likeness (QED) is 0.632. The largest absolute Gasteiger partial charge is 0.459 e. The predicted molar refractivity (Wildman–Crippen MR) is 87.9 cm³/mol. The minimum absolute atomic E-state index is 0.307. The number of hydrogen-bond donors (Lipinski definition) is 1. The summed E-state index contributed by atoms with van der Waals surface area (Å²) in [5, 5.41) is 4.28. The lowest BCUT2D eigenvalue weighted by Crippen LogP contribution is -1.97. The fourth-order valence-corrected chi connectivity index (χ4v) is 2.65. The molecule has 0 saturated heterocycles. The second-order valence-corrected chi connectivity index (χ2v) is 5.63. The Kier molecular flexibility index (Phi) is 4.36. The summed E-state index contributed by atoms with van der Waals surface area (Å²) in [5.41, 5.74) is 1.24. The Morgan fingerprint density at radius 3 is 2.41 bits per heavy atom. The van der Waals surface area contributed by atoms with Crippen LogP contribution in [0, 0.1) is 5.82 Å². The summed E-state index contributed by atoms with van der Waals surface area (Å²) in [5.74, 6) is 0.881. The highest BCUT2D eigenvalue weighted by molar-refractivity contribution is 6.35. The van der Waals surface area contributed by atoms with E-state index in [1.54, 1.807) is 48.5 Å². The molecule has 0 amide bonds. The molecule has 0 aliphatic heterocycles. The van der Waals surface area contributed by atoms with Crippen LogP contribution in [0.15, 0.2) is 59.0 Å². The fraction of sp³-hybridized carbons (Fsp3) is 0.0588. The van der Waals surface area contributed by atoms with E-state index in [2.05, 4.69) is 5.32 Å². The zero-order valence-electron chi connectivity index (χ0n) is 11.4. The third-order valence-corrected chi connectivity index (χ3v) is 3.57. The van der Waals surface area contributed by atoms with Gasteiger partial charge in [-0.25, -0.2) is 4.39 Å². The molecule has 22 heavy (non-hydrogen) atoms. The first-order valence-corrected chi connectivity index (χ1v) is 7.41. The molecule has 1 aromatic heterocycles. The van der Waals surface area contributed by atoms with Crippen molar-refractivity contribution < 1.29 is 8.81 Å². The summed E-state index contributed by atoms with van der Waals surface area (Å²) >= 11 is 11.9. The van der Waals surface area contributed by atoms with Crippen LogP contribution in [0.25, 0.3) is 11.3 Å². The molecule has 0 fully saturated rings. The van der Waals surface area contributed by atoms with Crippen molar-refractivity contribution in [3.8, 4) is 11.3 Å². The highest BCUT2D eigenvalue weighted by Crippen LogP contribution is 2.26. The van der Waals surface area contributed by atoms with Gasteiger partial charge in [-0.2, -0.15) is 0 Å². The molecule has 0 radical (unpaired) electrons. The van der Waals surface area contributed by atoms with Gasteiger partial charge in [-0.1, -0.05) is 35.3 Å². The molecule has 0 bridgehead atoms. The second-order valence-electron chi connectivity index (χ2n) is 4.76. The van der Waals surface area contributed by atoms with Gasteiger partial charge < -0.3 is 9.73 Å². The van der Waals surface area contributed by atoms with E-state index in [4.69, 9.17) is 27.6 Å². The Hall–Kier alpha value is -1.97. The van der Waals surface area contributed by atoms with Crippen LogP contribution in [0.5, 0.6) is 0 Å². The molecular weight excluding hydrogens is 324 g/mol. The van der Waals surface area contributed by atoms with Crippen LogP contribution >= 0.6 is 23.2 Å². The van der Waals surface area contributed by atoms with Gasteiger partial charge in [0.05, 0.1) is 12.1 Å². The topological polar surface area (TPSA) is 25.2 Å². The summed E-state index contributed by atoms with van der Waals surface area (Å²) in [4.78, 5) is 0. The molecule has 112 valence electrons. The third kappa shape index (κ3) is 3.43. The smallest absolute Gasteiger partial charge is 0.137 e. The Morgan fingerprint density at radius 2 is 1.68 bits per heavy atom. The molecule has 0 saturated carbocycles. The van der Waals surface area contributed by atoms with E-state index in [-0.39, 0.29) is 5.82 Å². The van der Waals surface area contributed by atoms with Crippen molar-refractivity contribution in [2.24, 2.45) is 0 Å². The van der Waals surface area contributed by atoms with E-state index in [1.165, 1.54) is 6.07 Å². The van der Waals surface area contributed by atoms with Crippen molar-refractivity contribution in [2.45, 2.75) is 6.54 Å². The first-order chi connectivity index (χ1) is 10.6. The van der Waals surface area contributed by atoms with E-state index >= 15 is 0 Å². The normalized spacial score (nSPS) is 10.7. The molecule has 0 spiro atoms. The van der Waals surface area contributed by atoms with E-state index < -0.39 is 0 Å². The maximum absolute atomic E-state index is 13.7. The zero-order valence-corrected chi connectivity index (χ0v) is 13.0. The Bertz CT molecular complexity index is 781. The standard InChI is InChI=1S/C17H12Cl2FNO/c18-11-7-12(19)9-13(8-11)21-10-14-5-6-17(22-14)15-3-1-2-4-16(15)20/h1-9,21H,10H2. The highest BCUT2D eigenvalue weighted by Gasteiger charge is 2.09. The van der Waals surface area contributed by atoms with Crippen molar-refractivity contribution in [3.63, 3.8) is 0 Å². The molecule has 0 unspecified atom stereocenters. The minimum Gasteiger partial charge on any atom is -0.459 e. The maximum Gasteiger partial charge on any atom is 0.137 e. The van der Waals surface area contributed by atoms with Crippen molar-refractivity contribution in [3.05, 3.63) is 76.2 Å². The number of hydrogen-bond acceptors (Lipinski definition) is 2. The second kappa shape index (κ2) is 6.42. The summed E-state index contributed by atoms with van der Waals surface area (Å²) in [6, 6.07) is 15.3. The van der Waals surface area contributed by atoms with Gasteiger partial charge in [-0.05, 0) is 42.5 Å². The molecular formula is C17H12Cl2FNO. The van der Waals surface area contributed by atoms with Crippen molar-refractivity contribution in [2.75, 3.05) is 5.32 Å². The van der Waals surface area contributed by atoms with Crippen LogP contribution in [-0.4, -0.2) is 0 Å². The molecule has 3 aromatic rings. The van der Waals surface area contributed by atoms with E-state index in [1.807, 2.05) is 0 Å². The molecule has 0 aliphatic carbocycles. The average molecular weight is 336 g/mol. The molecule has 2 aromatic carbocycles. The van der Waals surface area contributed by atoms with Crippen molar-refractivity contribution in [1.82, 2.24) is 0 Å². The van der Waals surface area contributed by atoms with Gasteiger partial charge in [-0.15, -0.1) is 0 Å². The number of furan rings is 1. The number of anilines is 1. The fourth-order valence-electron chi connectivity index (χ4n) is 2.12. The molecule has 0 aliphatic rings. The SMILES string of the molecule is Fc1ccccc1-c1ccc(CNc2cc(Cl)cc(Cl)c2)o1. The number of benzene rings is 2. The van der Waals surface area contributed by atoms with Crippen LogP contribution in [0.4, 0.5) is 10.1 Å². The molecule has 5 heteroatoms. The van der Waals surface area contributed by atoms with Crippen LogP contribution in [-0.2, 0) is 6.54 Å². The lowest BCUT2D eigenvalue weighted by molar-refractivity contribution is 0.525. The van der Waals surface area contributed by atoms with E-state index in [0.29, 0.717) is 33.7 Å². The van der Waals surface area contributed by atoms with Gasteiger partial charge in [-0.3, -0.25) is 0 Å². The monoisotopic (exact) mass is 335 g/mol. The molecule has 1 heterocycles. The lowest BCUT2D eigenvalue weighted by atomic mass is 10.1. The molecule has 0 atom stereocenters. The van der Waals surface area contributed by atoms with Gasteiger partial charge in [0.2, 0.25) is 0 Å². The van der Waals surface area contributed by atoms with Gasteiger partial charge in [0.1, 0.15) is 17.3 Å². The first kappa shape index (κ1) is 14.9. The number of rotatable bonds is 4. The van der Waals surface area contributed by atoms with Gasteiger partial charge in [0.25, 0.3) is 0 Å². The van der Waals surface area contributed by atoms with Crippen LogP contribution in [0.3, 0.4) is 0 Å². The van der Waals surface area contributed by atoms with Crippen LogP contribution in [0.2, 0.25) is 10.0 Å². The average Bonchev–Trinajstić information content (AvgIpc) is 2.93. The minimum atomic E-state index is -0.307. The maximum atomic E-state index is 13.7. The van der Waals surface area contributed by atoms with Crippen molar-refractivity contribution >= 4 is 28.9 Å². The van der Waals surface area contributed by atoms with Gasteiger partial charge in [0.15, 0.2) is 0 Å². The summed E-state index contributed by atoms with van der Waals surface area (Å²) in [7, 11) is 0. The Balaban J connectivity index is 1.73. The molecule has 3 rings (SSSR count). The van der Waals surface area contributed by atoms with E-state index in [9.17, 15) is 4.39 Å². The summed E-state index contributed by atoms with van der Waals surface area (Å²) in [6.07, 6.45) is 0. The molecule has 1 N–H and O–H groups in total. The lowest BCUT2D eigenvalue weighted by Gasteiger charge is -2.06. The number of halogens is 3. The first-order valence-electron chi connectivity index (χ1n) is 6.65. The Labute approximate surface area is 137 Å². The highest BCUT2D eigenvalue weighted by atomic mass is 35.5. The number of nitrogens with one attached hydrogen (secondary N) is 1. The summed E-state index contributed by atoms with van der Waals surface area (Å²) in [6.45, 7) is 0.450. The predicted octanol–water partition coefficient (Wildman–Crippen LogP) is 6.00. The summed E-state index contributed by atoms with van der Waals surface area (Å²) < 4.78 is 19.4. The van der Waals surface area contributed by atoms with E-state index in [0.717, 1.165) is 5.69 Å². The molecule has 2 nitrogen and oxygen atoms in total. The van der Waals surface area contributed by atoms with Crippen LogP contribution in [0.1, 0.15) is 5.76 Å². The van der Waals surface area contributed by atoms with Crippen LogP contribution < -0.4 is 5.32 Å². The zero-order chi connectivity index (χ0) is 15.5.